The Balaban J connectivity index is 2.06. The Morgan fingerprint density at radius 2 is 1.93 bits per heavy atom. The number of aromatic amines is 1. The van der Waals surface area contributed by atoms with Crippen LogP contribution in [-0.4, -0.2) is 35.4 Å². The molecular formula is C21H29N3O4S. The Morgan fingerprint density at radius 3 is 2.62 bits per heavy atom. The number of aromatic nitrogens is 2. The van der Waals surface area contributed by atoms with Gasteiger partial charge in [-0.25, -0.2) is 0 Å². The van der Waals surface area contributed by atoms with Crippen molar-refractivity contribution >= 4 is 12.2 Å². The fourth-order valence-corrected chi connectivity index (χ4v) is 4.15. The highest BCUT2D eigenvalue weighted by atomic mass is 32.1. The van der Waals surface area contributed by atoms with Crippen molar-refractivity contribution in [2.24, 2.45) is 0 Å². The largest absolute Gasteiger partial charge is 0.494 e. The standard InChI is InChI=1S/C21H29N3O4S/c1-4-5-6-7-10-24-20(26)17(19(25)23-21(24)29)18-14-12-16(28-3)15(27-2)11-13(14)8-9-22-18/h11-12,18,22,26H,4-10H2,1-3H3,(H,23,25,29)/t18-/m1/s1. The second kappa shape index (κ2) is 9.45. The third kappa shape index (κ3) is 4.33. The van der Waals surface area contributed by atoms with Crippen LogP contribution in [0.1, 0.15) is 55.3 Å². The Labute approximate surface area is 175 Å². The van der Waals surface area contributed by atoms with Gasteiger partial charge in [0.1, 0.15) is 0 Å². The molecule has 0 unspecified atom stereocenters. The predicted molar refractivity (Wildman–Crippen MR) is 115 cm³/mol. The molecule has 0 aliphatic carbocycles. The van der Waals surface area contributed by atoms with Gasteiger partial charge >= 0.3 is 0 Å². The first-order valence-electron chi connectivity index (χ1n) is 10.1. The number of ether oxygens (including phenoxy) is 2. The van der Waals surface area contributed by atoms with Crippen molar-refractivity contribution in [2.45, 2.75) is 51.6 Å². The van der Waals surface area contributed by atoms with Gasteiger partial charge in [0.05, 0.1) is 25.8 Å². The molecule has 0 radical (unpaired) electrons. The predicted octanol–water partition coefficient (Wildman–Crippen LogP) is 3.44. The van der Waals surface area contributed by atoms with E-state index < -0.39 is 6.04 Å². The number of methoxy groups -OCH3 is 2. The van der Waals surface area contributed by atoms with E-state index in [2.05, 4.69) is 17.2 Å². The van der Waals surface area contributed by atoms with Crippen LogP contribution >= 0.6 is 12.2 Å². The number of benzene rings is 1. The van der Waals surface area contributed by atoms with Gasteiger partial charge in [0.2, 0.25) is 5.88 Å². The van der Waals surface area contributed by atoms with Crippen LogP contribution in [0.3, 0.4) is 0 Å². The summed E-state index contributed by atoms with van der Waals surface area (Å²) in [6.45, 7) is 3.40. The number of fused-ring (bicyclic) bond motifs is 1. The lowest BCUT2D eigenvalue weighted by molar-refractivity contribution is 0.352. The van der Waals surface area contributed by atoms with E-state index in [-0.39, 0.29) is 21.8 Å². The number of unbranched alkanes of at least 4 members (excludes halogenated alkanes) is 3. The van der Waals surface area contributed by atoms with Crippen LogP contribution in [0.25, 0.3) is 0 Å². The first-order chi connectivity index (χ1) is 14.0. The zero-order chi connectivity index (χ0) is 21.0. The van der Waals surface area contributed by atoms with Crippen LogP contribution in [0.5, 0.6) is 17.4 Å². The molecule has 0 amide bonds. The Morgan fingerprint density at radius 1 is 1.21 bits per heavy atom. The first-order valence-corrected chi connectivity index (χ1v) is 10.5. The molecule has 2 aromatic rings. The summed E-state index contributed by atoms with van der Waals surface area (Å²) in [4.78, 5) is 15.5. The van der Waals surface area contributed by atoms with Gasteiger partial charge in [-0.1, -0.05) is 26.2 Å². The molecule has 1 aliphatic rings. The molecule has 1 aromatic heterocycles. The number of hydrogen-bond donors (Lipinski definition) is 3. The number of nitrogens with one attached hydrogen (secondary N) is 2. The van der Waals surface area contributed by atoms with Crippen molar-refractivity contribution in [3.8, 4) is 17.4 Å². The summed E-state index contributed by atoms with van der Waals surface area (Å²) in [6, 6.07) is 3.35. The number of hydrogen-bond acceptors (Lipinski definition) is 6. The van der Waals surface area contributed by atoms with Gasteiger partial charge < -0.3 is 19.9 Å². The SMILES string of the molecule is CCCCCCn1c(O)c([C@@H]2NCCc3cc(OC)c(OC)cc32)c(=O)[nH]c1=S. The van der Waals surface area contributed by atoms with Crippen LogP contribution in [0, 0.1) is 4.77 Å². The van der Waals surface area contributed by atoms with Crippen molar-refractivity contribution < 1.29 is 14.6 Å². The van der Waals surface area contributed by atoms with Crippen LogP contribution < -0.4 is 20.3 Å². The summed E-state index contributed by atoms with van der Waals surface area (Å²) >= 11 is 5.31. The normalized spacial score (nSPS) is 15.8. The molecule has 7 nitrogen and oxygen atoms in total. The number of H-pyrrole nitrogens is 1. The van der Waals surface area contributed by atoms with E-state index in [9.17, 15) is 9.90 Å². The summed E-state index contributed by atoms with van der Waals surface area (Å²) in [7, 11) is 3.18. The molecule has 2 heterocycles. The van der Waals surface area contributed by atoms with E-state index >= 15 is 0 Å². The fourth-order valence-electron chi connectivity index (χ4n) is 3.88. The van der Waals surface area contributed by atoms with Crippen molar-refractivity contribution in [1.82, 2.24) is 14.9 Å². The van der Waals surface area contributed by atoms with Gasteiger partial charge in [-0.15, -0.1) is 0 Å². The van der Waals surface area contributed by atoms with Gasteiger partial charge in [0, 0.05) is 13.1 Å². The monoisotopic (exact) mass is 419 g/mol. The zero-order valence-corrected chi connectivity index (χ0v) is 18.0. The number of rotatable bonds is 8. The quantitative estimate of drug-likeness (QED) is 0.449. The van der Waals surface area contributed by atoms with E-state index in [1.807, 2.05) is 12.1 Å². The number of aromatic hydroxyl groups is 1. The van der Waals surface area contributed by atoms with Crippen molar-refractivity contribution in [1.29, 1.82) is 0 Å². The minimum absolute atomic E-state index is 0.0737. The topological polar surface area (TPSA) is 88.5 Å². The van der Waals surface area contributed by atoms with Crippen LogP contribution in [0.2, 0.25) is 0 Å². The van der Waals surface area contributed by atoms with Crippen molar-refractivity contribution in [3.63, 3.8) is 0 Å². The van der Waals surface area contributed by atoms with Crippen molar-refractivity contribution in [2.75, 3.05) is 20.8 Å². The van der Waals surface area contributed by atoms with E-state index in [1.54, 1.807) is 18.8 Å². The second-order valence-corrected chi connectivity index (χ2v) is 7.64. The van der Waals surface area contributed by atoms with Gasteiger partial charge in [-0.3, -0.25) is 14.3 Å². The van der Waals surface area contributed by atoms with E-state index in [1.165, 1.54) is 0 Å². The molecule has 3 N–H and O–H groups in total. The summed E-state index contributed by atoms with van der Waals surface area (Å²) in [5.41, 5.74) is 1.85. The molecule has 1 aromatic carbocycles. The minimum atomic E-state index is -0.459. The molecule has 1 atom stereocenters. The van der Waals surface area contributed by atoms with Gasteiger partial charge in [0.25, 0.3) is 5.56 Å². The molecule has 0 saturated carbocycles. The number of nitrogens with zero attached hydrogens (tertiary/aromatic N) is 1. The molecule has 0 fully saturated rings. The fraction of sp³-hybridized carbons (Fsp3) is 0.524. The smallest absolute Gasteiger partial charge is 0.260 e. The molecule has 158 valence electrons. The van der Waals surface area contributed by atoms with Gasteiger partial charge in [-0.05, 0) is 48.3 Å². The van der Waals surface area contributed by atoms with Crippen LogP contribution in [0.4, 0.5) is 0 Å². The average molecular weight is 420 g/mol. The Hall–Kier alpha value is -2.32. The highest BCUT2D eigenvalue weighted by Crippen LogP contribution is 2.38. The molecular weight excluding hydrogens is 390 g/mol. The summed E-state index contributed by atoms with van der Waals surface area (Å²) in [6.07, 6.45) is 4.99. The summed E-state index contributed by atoms with van der Waals surface area (Å²) in [5.74, 6) is 1.16. The lowest BCUT2D eigenvalue weighted by Crippen LogP contribution is -2.35. The molecule has 0 bridgehead atoms. The Bertz CT molecular complexity index is 983. The third-order valence-electron chi connectivity index (χ3n) is 5.43. The second-order valence-electron chi connectivity index (χ2n) is 7.25. The zero-order valence-electron chi connectivity index (χ0n) is 17.2. The molecule has 1 aliphatic heterocycles. The first kappa shape index (κ1) is 21.4. The van der Waals surface area contributed by atoms with Crippen molar-refractivity contribution in [3.05, 3.63) is 43.9 Å². The van der Waals surface area contributed by atoms with E-state index in [4.69, 9.17) is 21.7 Å². The van der Waals surface area contributed by atoms with E-state index in [0.29, 0.717) is 24.6 Å². The third-order valence-corrected chi connectivity index (χ3v) is 5.75. The van der Waals surface area contributed by atoms with Gasteiger partial charge in [0.15, 0.2) is 16.3 Å². The highest BCUT2D eigenvalue weighted by molar-refractivity contribution is 7.71. The molecule has 29 heavy (non-hydrogen) atoms. The lowest BCUT2D eigenvalue weighted by Gasteiger charge is -2.29. The maximum atomic E-state index is 12.8. The minimum Gasteiger partial charge on any atom is -0.494 e. The highest BCUT2D eigenvalue weighted by Gasteiger charge is 2.29. The molecule has 3 rings (SSSR count). The van der Waals surface area contributed by atoms with Crippen LogP contribution in [0.15, 0.2) is 16.9 Å². The molecule has 0 saturated heterocycles. The maximum absolute atomic E-state index is 12.8. The van der Waals surface area contributed by atoms with Gasteiger partial charge in [-0.2, -0.15) is 0 Å². The van der Waals surface area contributed by atoms with E-state index in [0.717, 1.165) is 43.2 Å². The van der Waals surface area contributed by atoms with Crippen LogP contribution in [-0.2, 0) is 13.0 Å². The average Bonchev–Trinajstić information content (AvgIpc) is 2.72. The lowest BCUT2D eigenvalue weighted by atomic mass is 9.90. The summed E-state index contributed by atoms with van der Waals surface area (Å²) < 4.78 is 12.7. The summed E-state index contributed by atoms with van der Waals surface area (Å²) in [5, 5.41) is 14.4. The maximum Gasteiger partial charge on any atom is 0.260 e. The Kier molecular flexibility index (Phi) is 6.97. The molecule has 0 spiro atoms. The molecule has 8 heteroatoms.